The molecule has 0 N–H and O–H groups in total. The van der Waals surface area contributed by atoms with E-state index in [2.05, 4.69) is 24.0 Å². The smallest absolute Gasteiger partial charge is 0.135 e. The summed E-state index contributed by atoms with van der Waals surface area (Å²) in [6.07, 6.45) is 1.12. The highest BCUT2D eigenvalue weighted by Gasteiger charge is 2.10. The highest BCUT2D eigenvalue weighted by Crippen LogP contribution is 2.15. The molecule has 0 aromatic carbocycles. The highest BCUT2D eigenvalue weighted by atomic mass is 15.3. The number of hydrogen-bond acceptors (Lipinski definition) is 2. The summed E-state index contributed by atoms with van der Waals surface area (Å²) in [5.74, 6) is 2.59. The van der Waals surface area contributed by atoms with E-state index >= 15 is 0 Å². The minimum atomic E-state index is 0.515. The first-order valence-electron chi connectivity index (χ1n) is 4.02. The zero-order valence-electron chi connectivity index (χ0n) is 7.63. The van der Waals surface area contributed by atoms with E-state index in [4.69, 9.17) is 0 Å². The van der Waals surface area contributed by atoms with Gasteiger partial charge in [0, 0.05) is 13.0 Å². The molecule has 0 radical (unpaired) electrons. The molecule has 1 atom stereocenters. The third-order valence-corrected chi connectivity index (χ3v) is 2.18. The van der Waals surface area contributed by atoms with Gasteiger partial charge in [-0.3, -0.25) is 0 Å². The predicted octanol–water partition coefficient (Wildman–Crippen LogP) is 1.64. The van der Waals surface area contributed by atoms with E-state index < -0.39 is 0 Å². The Balaban J connectivity index is 2.94. The van der Waals surface area contributed by atoms with Gasteiger partial charge in [0.2, 0.25) is 0 Å². The van der Waals surface area contributed by atoms with Crippen molar-refractivity contribution in [2.45, 2.75) is 33.1 Å². The van der Waals surface area contributed by atoms with E-state index in [9.17, 15) is 0 Å². The number of aromatic nitrogens is 3. The van der Waals surface area contributed by atoms with Gasteiger partial charge < -0.3 is 4.57 Å². The highest BCUT2D eigenvalue weighted by molar-refractivity contribution is 4.97. The fourth-order valence-corrected chi connectivity index (χ4v) is 1.04. The van der Waals surface area contributed by atoms with Crippen molar-refractivity contribution in [2.24, 2.45) is 7.05 Å². The summed E-state index contributed by atoms with van der Waals surface area (Å²) < 4.78 is 2.05. The largest absolute Gasteiger partial charge is 0.318 e. The molecule has 0 saturated heterocycles. The Morgan fingerprint density at radius 3 is 2.45 bits per heavy atom. The van der Waals surface area contributed by atoms with Crippen LogP contribution in [0.4, 0.5) is 0 Å². The molecule has 1 heterocycles. The second kappa shape index (κ2) is 3.03. The van der Waals surface area contributed by atoms with Crippen molar-refractivity contribution in [3.05, 3.63) is 11.6 Å². The van der Waals surface area contributed by atoms with E-state index in [1.807, 2.05) is 18.5 Å². The number of nitrogens with zero attached hydrogens (tertiary/aromatic N) is 3. The average Bonchev–Trinajstić information content (AvgIpc) is 2.32. The van der Waals surface area contributed by atoms with Crippen molar-refractivity contribution in [3.8, 4) is 0 Å². The third kappa shape index (κ3) is 1.42. The minimum Gasteiger partial charge on any atom is -0.318 e. The monoisotopic (exact) mass is 153 g/mol. The molecule has 0 spiro atoms. The molecule has 0 aliphatic heterocycles. The second-order valence-corrected chi connectivity index (χ2v) is 2.97. The SMILES string of the molecule is CCC(C)c1nnc(C)n1C. The van der Waals surface area contributed by atoms with Gasteiger partial charge in [0.05, 0.1) is 0 Å². The molecular formula is C8H15N3. The van der Waals surface area contributed by atoms with Gasteiger partial charge in [-0.05, 0) is 13.3 Å². The summed E-state index contributed by atoms with van der Waals surface area (Å²) >= 11 is 0. The number of rotatable bonds is 2. The van der Waals surface area contributed by atoms with E-state index in [0.717, 1.165) is 18.1 Å². The first-order chi connectivity index (χ1) is 5.16. The molecular weight excluding hydrogens is 138 g/mol. The van der Waals surface area contributed by atoms with Gasteiger partial charge in [-0.2, -0.15) is 0 Å². The van der Waals surface area contributed by atoms with Crippen LogP contribution in [0.2, 0.25) is 0 Å². The molecule has 0 aliphatic rings. The topological polar surface area (TPSA) is 30.7 Å². The van der Waals surface area contributed by atoms with E-state index in [1.165, 1.54) is 0 Å². The molecule has 3 nitrogen and oxygen atoms in total. The van der Waals surface area contributed by atoms with Crippen molar-refractivity contribution >= 4 is 0 Å². The van der Waals surface area contributed by atoms with Crippen molar-refractivity contribution < 1.29 is 0 Å². The average molecular weight is 153 g/mol. The Hall–Kier alpha value is -0.860. The molecule has 0 fully saturated rings. The molecule has 0 aliphatic carbocycles. The Labute approximate surface area is 67.4 Å². The normalized spacial score (nSPS) is 13.5. The maximum absolute atomic E-state index is 4.10. The van der Waals surface area contributed by atoms with Crippen LogP contribution in [-0.4, -0.2) is 14.8 Å². The number of hydrogen-bond donors (Lipinski definition) is 0. The lowest BCUT2D eigenvalue weighted by Gasteiger charge is -2.06. The van der Waals surface area contributed by atoms with E-state index in [0.29, 0.717) is 5.92 Å². The van der Waals surface area contributed by atoms with Gasteiger partial charge >= 0.3 is 0 Å². The molecule has 0 amide bonds. The Morgan fingerprint density at radius 2 is 2.09 bits per heavy atom. The van der Waals surface area contributed by atoms with Gasteiger partial charge in [-0.25, -0.2) is 0 Å². The standard InChI is InChI=1S/C8H15N3/c1-5-6(2)8-10-9-7(3)11(8)4/h6H,5H2,1-4H3. The Kier molecular flexibility index (Phi) is 2.27. The Bertz CT molecular complexity index is 239. The summed E-state index contributed by atoms with van der Waals surface area (Å²) in [7, 11) is 2.01. The quantitative estimate of drug-likeness (QED) is 0.646. The summed E-state index contributed by atoms with van der Waals surface area (Å²) in [6.45, 7) is 6.30. The lowest BCUT2D eigenvalue weighted by molar-refractivity contribution is 0.635. The minimum absolute atomic E-state index is 0.515. The molecule has 1 rings (SSSR count). The zero-order valence-corrected chi connectivity index (χ0v) is 7.63. The third-order valence-electron chi connectivity index (χ3n) is 2.18. The summed E-state index contributed by atoms with van der Waals surface area (Å²) in [5, 5.41) is 8.10. The van der Waals surface area contributed by atoms with Crippen molar-refractivity contribution in [1.82, 2.24) is 14.8 Å². The van der Waals surface area contributed by atoms with Gasteiger partial charge in [-0.15, -0.1) is 10.2 Å². The summed E-state index contributed by atoms with van der Waals surface area (Å²) in [5.41, 5.74) is 0. The van der Waals surface area contributed by atoms with Gasteiger partial charge in [0.25, 0.3) is 0 Å². The molecule has 1 aromatic rings. The van der Waals surface area contributed by atoms with Crippen LogP contribution in [0.15, 0.2) is 0 Å². The van der Waals surface area contributed by atoms with E-state index in [1.54, 1.807) is 0 Å². The van der Waals surface area contributed by atoms with Crippen LogP contribution in [0.3, 0.4) is 0 Å². The molecule has 1 aromatic heterocycles. The van der Waals surface area contributed by atoms with Crippen molar-refractivity contribution in [3.63, 3.8) is 0 Å². The zero-order chi connectivity index (χ0) is 8.43. The van der Waals surface area contributed by atoms with Gasteiger partial charge in [0.15, 0.2) is 0 Å². The lowest BCUT2D eigenvalue weighted by atomic mass is 10.1. The van der Waals surface area contributed by atoms with Crippen LogP contribution < -0.4 is 0 Å². The van der Waals surface area contributed by atoms with Crippen LogP contribution in [0.5, 0.6) is 0 Å². The van der Waals surface area contributed by atoms with Crippen LogP contribution in [0, 0.1) is 6.92 Å². The summed E-state index contributed by atoms with van der Waals surface area (Å²) in [6, 6.07) is 0. The van der Waals surface area contributed by atoms with Crippen LogP contribution in [-0.2, 0) is 7.05 Å². The summed E-state index contributed by atoms with van der Waals surface area (Å²) in [4.78, 5) is 0. The molecule has 0 bridgehead atoms. The van der Waals surface area contributed by atoms with Gasteiger partial charge in [-0.1, -0.05) is 13.8 Å². The van der Waals surface area contributed by atoms with Crippen molar-refractivity contribution in [2.75, 3.05) is 0 Å². The Morgan fingerprint density at radius 1 is 1.45 bits per heavy atom. The molecule has 0 saturated carbocycles. The molecule has 11 heavy (non-hydrogen) atoms. The van der Waals surface area contributed by atoms with E-state index in [-0.39, 0.29) is 0 Å². The molecule has 62 valence electrons. The molecule has 3 heteroatoms. The lowest BCUT2D eigenvalue weighted by Crippen LogP contribution is -2.02. The first kappa shape index (κ1) is 8.24. The predicted molar refractivity (Wildman–Crippen MR) is 44.4 cm³/mol. The van der Waals surface area contributed by atoms with Crippen LogP contribution in [0.25, 0.3) is 0 Å². The first-order valence-corrected chi connectivity index (χ1v) is 4.02. The second-order valence-electron chi connectivity index (χ2n) is 2.97. The van der Waals surface area contributed by atoms with Crippen LogP contribution >= 0.6 is 0 Å². The number of aryl methyl sites for hydroxylation is 1. The molecule has 1 unspecified atom stereocenters. The maximum atomic E-state index is 4.10. The fourth-order valence-electron chi connectivity index (χ4n) is 1.04. The van der Waals surface area contributed by atoms with Crippen molar-refractivity contribution in [1.29, 1.82) is 0 Å². The fraction of sp³-hybridized carbons (Fsp3) is 0.750. The van der Waals surface area contributed by atoms with Gasteiger partial charge in [0.1, 0.15) is 11.6 Å². The maximum Gasteiger partial charge on any atom is 0.135 e. The van der Waals surface area contributed by atoms with Crippen LogP contribution in [0.1, 0.15) is 37.8 Å².